The van der Waals surface area contributed by atoms with Gasteiger partial charge in [-0.1, -0.05) is 0 Å². The second-order valence-electron chi connectivity index (χ2n) is 4.89. The number of nitrogens with zero attached hydrogens (tertiary/aromatic N) is 1. The van der Waals surface area contributed by atoms with Crippen LogP contribution in [0.2, 0.25) is 0 Å². The predicted octanol–water partition coefficient (Wildman–Crippen LogP) is 4.65. The molecule has 1 aromatic carbocycles. The summed E-state index contributed by atoms with van der Waals surface area (Å²) < 4.78 is 76.5. The first-order chi connectivity index (χ1) is 10.5. The Balaban J connectivity index is 2.32. The maximum Gasteiger partial charge on any atom is 0.416 e. The smallest absolute Gasteiger partial charge is 0.312 e. The molecule has 1 aliphatic rings. The lowest BCUT2D eigenvalue weighted by Crippen LogP contribution is -2.36. The second kappa shape index (κ2) is 6.14. The highest BCUT2D eigenvalue weighted by atomic mass is 32.2. The van der Waals surface area contributed by atoms with Gasteiger partial charge >= 0.3 is 18.4 Å². The highest BCUT2D eigenvalue weighted by Crippen LogP contribution is 2.37. The number of thioether (sulfide) groups is 1. The van der Waals surface area contributed by atoms with Crippen LogP contribution >= 0.6 is 11.8 Å². The molecule has 2 rings (SSSR count). The number of amides is 2. The summed E-state index contributed by atoms with van der Waals surface area (Å²) in [7, 11) is 0. The molecule has 1 N–H and O–H groups in total. The van der Waals surface area contributed by atoms with E-state index in [1.807, 2.05) is 0 Å². The zero-order valence-corrected chi connectivity index (χ0v) is 12.6. The molecule has 1 aromatic rings. The normalized spacial score (nSPS) is 19.1. The monoisotopic (exact) mass is 358 g/mol. The van der Waals surface area contributed by atoms with Gasteiger partial charge in [-0.25, -0.2) is 4.79 Å². The van der Waals surface area contributed by atoms with Crippen LogP contribution in [0.4, 0.5) is 36.8 Å². The van der Waals surface area contributed by atoms with Crippen molar-refractivity contribution < 1.29 is 31.1 Å². The molecule has 0 spiro atoms. The largest absolute Gasteiger partial charge is 0.416 e. The first kappa shape index (κ1) is 17.8. The summed E-state index contributed by atoms with van der Waals surface area (Å²) in [5.41, 5.74) is -3.47. The van der Waals surface area contributed by atoms with E-state index in [1.54, 1.807) is 6.92 Å². The zero-order chi connectivity index (χ0) is 17.4. The third-order valence-corrected chi connectivity index (χ3v) is 4.39. The second-order valence-corrected chi connectivity index (χ2v) is 6.31. The van der Waals surface area contributed by atoms with Gasteiger partial charge in [0, 0.05) is 18.0 Å². The SMILES string of the molecule is CC1SCCN1C(=O)Nc1cc(C(F)(F)F)cc(C(F)(F)F)c1. The summed E-state index contributed by atoms with van der Waals surface area (Å²) in [6.45, 7) is 2.10. The highest BCUT2D eigenvalue weighted by molar-refractivity contribution is 8.00. The minimum atomic E-state index is -4.95. The van der Waals surface area contributed by atoms with Crippen LogP contribution in [0.25, 0.3) is 0 Å². The Hall–Kier alpha value is -1.58. The molecule has 0 bridgehead atoms. The Labute approximate surface area is 132 Å². The van der Waals surface area contributed by atoms with Crippen molar-refractivity contribution in [2.45, 2.75) is 24.7 Å². The van der Waals surface area contributed by atoms with Crippen molar-refractivity contribution in [2.24, 2.45) is 0 Å². The van der Waals surface area contributed by atoms with E-state index in [-0.39, 0.29) is 11.4 Å². The average molecular weight is 358 g/mol. The quantitative estimate of drug-likeness (QED) is 0.741. The molecule has 0 aromatic heterocycles. The molecule has 1 heterocycles. The lowest BCUT2D eigenvalue weighted by molar-refractivity contribution is -0.143. The molecule has 0 aliphatic carbocycles. The summed E-state index contributed by atoms with van der Waals surface area (Å²) in [6, 6.07) is 0.265. The molecule has 1 aliphatic heterocycles. The molecule has 0 saturated carbocycles. The fourth-order valence-corrected chi connectivity index (χ4v) is 3.11. The Kier molecular flexibility index (Phi) is 4.74. The molecule has 23 heavy (non-hydrogen) atoms. The van der Waals surface area contributed by atoms with Crippen LogP contribution in [0.5, 0.6) is 0 Å². The number of alkyl halides is 6. The molecule has 128 valence electrons. The van der Waals surface area contributed by atoms with E-state index >= 15 is 0 Å². The van der Waals surface area contributed by atoms with Crippen LogP contribution < -0.4 is 5.32 Å². The van der Waals surface area contributed by atoms with Crippen LogP contribution in [0.3, 0.4) is 0 Å². The minimum Gasteiger partial charge on any atom is -0.312 e. The fourth-order valence-electron chi connectivity index (χ4n) is 2.08. The van der Waals surface area contributed by atoms with Gasteiger partial charge in [0.15, 0.2) is 0 Å². The van der Waals surface area contributed by atoms with E-state index in [4.69, 9.17) is 0 Å². The summed E-state index contributed by atoms with van der Waals surface area (Å²) >= 11 is 1.46. The number of carbonyl (C=O) groups is 1. The van der Waals surface area contributed by atoms with Crippen molar-refractivity contribution in [1.29, 1.82) is 0 Å². The summed E-state index contributed by atoms with van der Waals surface area (Å²) in [4.78, 5) is 13.3. The van der Waals surface area contributed by atoms with Crippen molar-refractivity contribution >= 4 is 23.5 Å². The lowest BCUT2D eigenvalue weighted by atomic mass is 10.1. The van der Waals surface area contributed by atoms with Crippen LogP contribution in [-0.4, -0.2) is 28.6 Å². The van der Waals surface area contributed by atoms with Gasteiger partial charge in [0.25, 0.3) is 0 Å². The number of rotatable bonds is 1. The van der Waals surface area contributed by atoms with Crippen molar-refractivity contribution in [3.8, 4) is 0 Å². The number of hydrogen-bond donors (Lipinski definition) is 1. The highest BCUT2D eigenvalue weighted by Gasteiger charge is 2.37. The Morgan fingerprint density at radius 3 is 2.04 bits per heavy atom. The minimum absolute atomic E-state index is 0.0178. The number of hydrogen-bond acceptors (Lipinski definition) is 2. The van der Waals surface area contributed by atoms with Gasteiger partial charge in [0.2, 0.25) is 0 Å². The van der Waals surface area contributed by atoms with Gasteiger partial charge in [0.05, 0.1) is 16.5 Å². The third kappa shape index (κ3) is 4.24. The van der Waals surface area contributed by atoms with Gasteiger partial charge in [-0.15, -0.1) is 11.8 Å². The topological polar surface area (TPSA) is 32.3 Å². The van der Waals surface area contributed by atoms with E-state index in [2.05, 4.69) is 5.32 Å². The average Bonchev–Trinajstić information content (AvgIpc) is 2.82. The van der Waals surface area contributed by atoms with E-state index in [9.17, 15) is 31.1 Å². The van der Waals surface area contributed by atoms with Crippen LogP contribution in [0.1, 0.15) is 18.1 Å². The zero-order valence-electron chi connectivity index (χ0n) is 11.8. The van der Waals surface area contributed by atoms with Crippen molar-refractivity contribution in [1.82, 2.24) is 4.90 Å². The van der Waals surface area contributed by atoms with E-state index in [0.717, 1.165) is 0 Å². The number of benzene rings is 1. The number of carbonyl (C=O) groups excluding carboxylic acids is 1. The van der Waals surface area contributed by atoms with Gasteiger partial charge in [-0.3, -0.25) is 0 Å². The van der Waals surface area contributed by atoms with Gasteiger partial charge in [-0.05, 0) is 25.1 Å². The lowest BCUT2D eigenvalue weighted by Gasteiger charge is -2.22. The van der Waals surface area contributed by atoms with E-state index < -0.39 is 35.2 Å². The van der Waals surface area contributed by atoms with E-state index in [0.29, 0.717) is 24.4 Å². The number of nitrogens with one attached hydrogen (secondary N) is 1. The number of urea groups is 1. The molecule has 2 amide bonds. The Morgan fingerprint density at radius 1 is 1.13 bits per heavy atom. The van der Waals surface area contributed by atoms with Gasteiger partial charge < -0.3 is 10.2 Å². The van der Waals surface area contributed by atoms with Crippen LogP contribution in [-0.2, 0) is 12.4 Å². The maximum absolute atomic E-state index is 12.7. The fraction of sp³-hybridized carbons (Fsp3) is 0.462. The molecule has 1 atom stereocenters. The van der Waals surface area contributed by atoms with Crippen molar-refractivity contribution in [2.75, 3.05) is 17.6 Å². The van der Waals surface area contributed by atoms with Gasteiger partial charge in [-0.2, -0.15) is 26.3 Å². The Bertz CT molecular complexity index is 569. The van der Waals surface area contributed by atoms with Gasteiger partial charge in [0.1, 0.15) is 0 Å². The van der Waals surface area contributed by atoms with Crippen molar-refractivity contribution in [3.05, 3.63) is 29.3 Å². The molecular formula is C13H12F6N2OS. The van der Waals surface area contributed by atoms with Crippen LogP contribution in [0.15, 0.2) is 18.2 Å². The molecule has 0 radical (unpaired) electrons. The third-order valence-electron chi connectivity index (χ3n) is 3.23. The molecule has 1 saturated heterocycles. The summed E-state index contributed by atoms with van der Waals surface area (Å²) in [6.07, 6.45) is -9.89. The van der Waals surface area contributed by atoms with E-state index in [1.165, 1.54) is 16.7 Å². The van der Waals surface area contributed by atoms with Crippen LogP contribution in [0, 0.1) is 0 Å². The molecular weight excluding hydrogens is 346 g/mol. The number of halogens is 6. The Morgan fingerprint density at radius 2 is 1.65 bits per heavy atom. The summed E-state index contributed by atoms with van der Waals surface area (Å²) in [5.74, 6) is 0.658. The molecule has 1 fully saturated rings. The number of anilines is 1. The standard InChI is InChI=1S/C13H12F6N2OS/c1-7-21(2-3-23-7)11(22)20-10-5-8(12(14,15)16)4-9(6-10)13(17,18)19/h4-7H,2-3H2,1H3,(H,20,22). The first-order valence-electron chi connectivity index (χ1n) is 6.47. The predicted molar refractivity (Wildman–Crippen MR) is 74.1 cm³/mol. The molecule has 1 unspecified atom stereocenters. The molecule has 3 nitrogen and oxygen atoms in total. The maximum atomic E-state index is 12.7. The first-order valence-corrected chi connectivity index (χ1v) is 7.52. The molecule has 10 heteroatoms. The summed E-state index contributed by atoms with van der Waals surface area (Å²) in [5, 5.41) is 1.92. The van der Waals surface area contributed by atoms with Crippen molar-refractivity contribution in [3.63, 3.8) is 0 Å².